The van der Waals surface area contributed by atoms with E-state index in [2.05, 4.69) is 40.6 Å². The monoisotopic (exact) mass is 259 g/mol. The van der Waals surface area contributed by atoms with Crippen molar-refractivity contribution in [2.24, 2.45) is 0 Å². The fraction of sp³-hybridized carbons (Fsp3) is 0.429. The molecule has 1 fully saturated rings. The van der Waals surface area contributed by atoms with E-state index in [1.165, 1.54) is 24.0 Å². The summed E-state index contributed by atoms with van der Waals surface area (Å²) < 4.78 is 0. The van der Waals surface area contributed by atoms with Gasteiger partial charge in [0, 0.05) is 24.2 Å². The Labute approximate surface area is 111 Å². The standard InChI is InChI=1S/C14H17N3S/c1-9-5-10(2)13(16-6-9)14-17-12(8-18-14)7-15-11-3-4-11/h5-6,8,11,15H,3-4,7H2,1-2H3. The van der Waals surface area contributed by atoms with Gasteiger partial charge in [-0.3, -0.25) is 4.98 Å². The van der Waals surface area contributed by atoms with Crippen LogP contribution in [0.25, 0.3) is 10.7 Å². The summed E-state index contributed by atoms with van der Waals surface area (Å²) in [6.07, 6.45) is 4.54. The molecule has 3 nitrogen and oxygen atoms in total. The average Bonchev–Trinajstić information content (AvgIpc) is 3.05. The van der Waals surface area contributed by atoms with Crippen LogP contribution in [0.2, 0.25) is 0 Å². The summed E-state index contributed by atoms with van der Waals surface area (Å²) in [5, 5.41) is 6.64. The van der Waals surface area contributed by atoms with Crippen molar-refractivity contribution < 1.29 is 0 Å². The van der Waals surface area contributed by atoms with E-state index in [1.807, 2.05) is 6.20 Å². The fourth-order valence-electron chi connectivity index (χ4n) is 1.97. The number of hydrogen-bond acceptors (Lipinski definition) is 4. The zero-order chi connectivity index (χ0) is 12.5. The summed E-state index contributed by atoms with van der Waals surface area (Å²) in [6.45, 7) is 5.04. The number of aryl methyl sites for hydroxylation is 2. The summed E-state index contributed by atoms with van der Waals surface area (Å²) >= 11 is 1.68. The Bertz CT molecular complexity index is 558. The molecule has 0 saturated heterocycles. The van der Waals surface area contributed by atoms with Crippen molar-refractivity contribution in [2.75, 3.05) is 0 Å². The molecule has 0 radical (unpaired) electrons. The van der Waals surface area contributed by atoms with Gasteiger partial charge in [0.2, 0.25) is 0 Å². The first-order valence-electron chi connectivity index (χ1n) is 6.34. The smallest absolute Gasteiger partial charge is 0.142 e. The molecule has 0 aliphatic heterocycles. The SMILES string of the molecule is Cc1cnc(-c2nc(CNC3CC3)cs2)c(C)c1. The first-order chi connectivity index (χ1) is 8.72. The predicted molar refractivity (Wildman–Crippen MR) is 74.7 cm³/mol. The number of nitrogens with zero attached hydrogens (tertiary/aromatic N) is 2. The van der Waals surface area contributed by atoms with Gasteiger partial charge in [0.1, 0.15) is 10.7 Å². The largest absolute Gasteiger partial charge is 0.308 e. The molecule has 1 saturated carbocycles. The maximum absolute atomic E-state index is 4.66. The Balaban J connectivity index is 1.78. The van der Waals surface area contributed by atoms with Gasteiger partial charge >= 0.3 is 0 Å². The Morgan fingerprint density at radius 1 is 1.39 bits per heavy atom. The van der Waals surface area contributed by atoms with Gasteiger partial charge in [-0.15, -0.1) is 11.3 Å². The lowest BCUT2D eigenvalue weighted by Crippen LogP contribution is -2.15. The fourth-order valence-corrected chi connectivity index (χ4v) is 2.85. The van der Waals surface area contributed by atoms with Crippen molar-refractivity contribution in [3.8, 4) is 10.7 Å². The quantitative estimate of drug-likeness (QED) is 0.917. The van der Waals surface area contributed by atoms with E-state index in [-0.39, 0.29) is 0 Å². The molecule has 94 valence electrons. The highest BCUT2D eigenvalue weighted by Gasteiger charge is 2.20. The first kappa shape index (κ1) is 11.8. The van der Waals surface area contributed by atoms with Crippen LogP contribution < -0.4 is 5.32 Å². The Hall–Kier alpha value is -1.26. The van der Waals surface area contributed by atoms with E-state index in [4.69, 9.17) is 0 Å². The van der Waals surface area contributed by atoms with E-state index in [0.717, 1.165) is 29.0 Å². The number of aromatic nitrogens is 2. The van der Waals surface area contributed by atoms with Crippen LogP contribution in [-0.2, 0) is 6.54 Å². The molecule has 0 atom stereocenters. The molecular formula is C14H17N3S. The molecule has 0 bridgehead atoms. The number of rotatable bonds is 4. The van der Waals surface area contributed by atoms with Gasteiger partial charge in [-0.2, -0.15) is 0 Å². The van der Waals surface area contributed by atoms with Gasteiger partial charge in [-0.25, -0.2) is 4.98 Å². The molecule has 2 aromatic rings. The highest BCUT2D eigenvalue weighted by molar-refractivity contribution is 7.13. The van der Waals surface area contributed by atoms with Crippen molar-refractivity contribution in [2.45, 2.75) is 39.3 Å². The number of pyridine rings is 1. The van der Waals surface area contributed by atoms with Gasteiger partial charge in [0.25, 0.3) is 0 Å². The van der Waals surface area contributed by atoms with E-state index in [9.17, 15) is 0 Å². The normalized spacial score (nSPS) is 15.0. The third-order valence-corrected chi connectivity index (χ3v) is 4.02. The topological polar surface area (TPSA) is 37.8 Å². The Morgan fingerprint density at radius 2 is 2.22 bits per heavy atom. The molecule has 18 heavy (non-hydrogen) atoms. The highest BCUT2D eigenvalue weighted by atomic mass is 32.1. The van der Waals surface area contributed by atoms with Gasteiger partial charge in [-0.05, 0) is 37.8 Å². The second-order valence-corrected chi connectivity index (χ2v) is 5.84. The molecule has 1 N–H and O–H groups in total. The maximum Gasteiger partial charge on any atom is 0.142 e. The van der Waals surface area contributed by atoms with Gasteiger partial charge in [-0.1, -0.05) is 6.07 Å². The molecule has 1 aliphatic carbocycles. The zero-order valence-electron chi connectivity index (χ0n) is 10.7. The summed E-state index contributed by atoms with van der Waals surface area (Å²) in [5.41, 5.74) is 4.54. The third kappa shape index (κ3) is 2.60. The summed E-state index contributed by atoms with van der Waals surface area (Å²) in [7, 11) is 0. The van der Waals surface area contributed by atoms with Crippen molar-refractivity contribution in [1.82, 2.24) is 15.3 Å². The number of nitrogens with one attached hydrogen (secondary N) is 1. The van der Waals surface area contributed by atoms with Crippen LogP contribution in [-0.4, -0.2) is 16.0 Å². The lowest BCUT2D eigenvalue weighted by atomic mass is 10.2. The lowest BCUT2D eigenvalue weighted by molar-refractivity contribution is 0.677. The Kier molecular flexibility index (Phi) is 3.14. The van der Waals surface area contributed by atoms with Crippen LogP contribution in [0.15, 0.2) is 17.6 Å². The molecule has 0 amide bonds. The van der Waals surface area contributed by atoms with Crippen LogP contribution in [0.5, 0.6) is 0 Å². The van der Waals surface area contributed by atoms with Crippen LogP contribution in [0.3, 0.4) is 0 Å². The maximum atomic E-state index is 4.66. The van der Waals surface area contributed by atoms with E-state index in [1.54, 1.807) is 11.3 Å². The molecule has 3 rings (SSSR count). The summed E-state index contributed by atoms with van der Waals surface area (Å²) in [6, 6.07) is 2.89. The van der Waals surface area contributed by atoms with Crippen molar-refractivity contribution in [3.63, 3.8) is 0 Å². The number of thiazole rings is 1. The first-order valence-corrected chi connectivity index (χ1v) is 7.22. The van der Waals surface area contributed by atoms with Crippen molar-refractivity contribution >= 4 is 11.3 Å². The molecule has 0 unspecified atom stereocenters. The molecule has 0 spiro atoms. The predicted octanol–water partition coefficient (Wildman–Crippen LogP) is 3.07. The van der Waals surface area contributed by atoms with Gasteiger partial charge in [0.05, 0.1) is 5.69 Å². The van der Waals surface area contributed by atoms with Crippen molar-refractivity contribution in [3.05, 3.63) is 34.5 Å². The third-order valence-electron chi connectivity index (χ3n) is 3.12. The van der Waals surface area contributed by atoms with E-state index in [0.29, 0.717) is 0 Å². The molecule has 0 aromatic carbocycles. The second-order valence-electron chi connectivity index (χ2n) is 4.98. The van der Waals surface area contributed by atoms with Crippen LogP contribution in [0.1, 0.15) is 29.7 Å². The van der Waals surface area contributed by atoms with Crippen LogP contribution in [0, 0.1) is 13.8 Å². The van der Waals surface area contributed by atoms with Gasteiger partial charge in [0.15, 0.2) is 0 Å². The van der Waals surface area contributed by atoms with E-state index < -0.39 is 0 Å². The minimum absolute atomic E-state index is 0.731. The van der Waals surface area contributed by atoms with Crippen LogP contribution in [0.4, 0.5) is 0 Å². The molecule has 1 aliphatic rings. The average molecular weight is 259 g/mol. The zero-order valence-corrected chi connectivity index (χ0v) is 11.5. The van der Waals surface area contributed by atoms with Crippen LogP contribution >= 0.6 is 11.3 Å². The molecule has 2 aromatic heterocycles. The second kappa shape index (κ2) is 4.78. The summed E-state index contributed by atoms with van der Waals surface area (Å²) in [4.78, 5) is 9.16. The number of hydrogen-bond donors (Lipinski definition) is 1. The molecule has 2 heterocycles. The Morgan fingerprint density at radius 3 is 2.94 bits per heavy atom. The summed E-state index contributed by atoms with van der Waals surface area (Å²) in [5.74, 6) is 0. The van der Waals surface area contributed by atoms with E-state index >= 15 is 0 Å². The highest BCUT2D eigenvalue weighted by Crippen LogP contribution is 2.26. The molecule has 4 heteroatoms. The lowest BCUT2D eigenvalue weighted by Gasteiger charge is -2.02. The minimum Gasteiger partial charge on any atom is -0.308 e. The van der Waals surface area contributed by atoms with Gasteiger partial charge < -0.3 is 5.32 Å². The minimum atomic E-state index is 0.731. The molecular weight excluding hydrogens is 242 g/mol. The van der Waals surface area contributed by atoms with Crippen molar-refractivity contribution in [1.29, 1.82) is 0 Å².